The van der Waals surface area contributed by atoms with E-state index in [2.05, 4.69) is 5.32 Å². The van der Waals surface area contributed by atoms with E-state index in [1.807, 2.05) is 31.2 Å². The van der Waals surface area contributed by atoms with Crippen LogP contribution in [0.3, 0.4) is 0 Å². The predicted molar refractivity (Wildman–Crippen MR) is 58.9 cm³/mol. The molecule has 1 saturated heterocycles. The van der Waals surface area contributed by atoms with Crippen LogP contribution in [0.15, 0.2) is 24.3 Å². The third kappa shape index (κ3) is 2.21. The van der Waals surface area contributed by atoms with Crippen molar-refractivity contribution in [3.63, 3.8) is 0 Å². The van der Waals surface area contributed by atoms with E-state index in [1.54, 1.807) is 0 Å². The summed E-state index contributed by atoms with van der Waals surface area (Å²) in [6.45, 7) is 2.31. The van der Waals surface area contributed by atoms with Crippen molar-refractivity contribution in [3.8, 4) is 0 Å². The number of hydrogen-bond donors (Lipinski definition) is 1. The Labute approximate surface area is 93.6 Å². The fourth-order valence-electron chi connectivity index (χ4n) is 1.60. The van der Waals surface area contributed by atoms with Crippen LogP contribution in [-0.2, 0) is 14.3 Å². The van der Waals surface area contributed by atoms with Gasteiger partial charge in [-0.2, -0.15) is 0 Å². The Morgan fingerprint density at radius 3 is 2.62 bits per heavy atom. The van der Waals surface area contributed by atoms with E-state index in [4.69, 9.17) is 4.74 Å². The van der Waals surface area contributed by atoms with Gasteiger partial charge in [-0.25, -0.2) is 0 Å². The lowest BCUT2D eigenvalue weighted by Crippen LogP contribution is -2.26. The highest BCUT2D eigenvalue weighted by Crippen LogP contribution is 2.17. The lowest BCUT2D eigenvalue weighted by Gasteiger charge is -2.07. The molecule has 0 bridgehead atoms. The maximum atomic E-state index is 11.7. The number of anilines is 1. The molecule has 4 nitrogen and oxygen atoms in total. The Morgan fingerprint density at radius 2 is 2.06 bits per heavy atom. The third-order valence-electron chi connectivity index (χ3n) is 2.57. The van der Waals surface area contributed by atoms with Crippen LogP contribution in [-0.4, -0.2) is 18.5 Å². The number of esters is 1. The number of rotatable bonds is 2. The minimum Gasteiger partial charge on any atom is -0.465 e. The van der Waals surface area contributed by atoms with Gasteiger partial charge in [0, 0.05) is 12.1 Å². The van der Waals surface area contributed by atoms with Crippen LogP contribution in [0.1, 0.15) is 12.0 Å². The first-order chi connectivity index (χ1) is 7.66. The Morgan fingerprint density at radius 1 is 1.38 bits per heavy atom. The fourth-order valence-corrected chi connectivity index (χ4v) is 1.60. The van der Waals surface area contributed by atoms with Crippen molar-refractivity contribution in [2.45, 2.75) is 13.3 Å². The summed E-state index contributed by atoms with van der Waals surface area (Å²) in [5, 5.41) is 2.70. The number of carbonyl (C=O) groups is 2. The zero-order valence-electron chi connectivity index (χ0n) is 9.03. The van der Waals surface area contributed by atoms with Crippen molar-refractivity contribution in [2.24, 2.45) is 5.92 Å². The molecule has 0 spiro atoms. The zero-order chi connectivity index (χ0) is 11.5. The zero-order valence-corrected chi connectivity index (χ0v) is 9.03. The van der Waals surface area contributed by atoms with Gasteiger partial charge in [0.2, 0.25) is 5.91 Å². The normalized spacial score (nSPS) is 19.3. The van der Waals surface area contributed by atoms with Gasteiger partial charge in [-0.05, 0) is 19.1 Å². The van der Waals surface area contributed by atoms with Crippen LogP contribution in [0.25, 0.3) is 0 Å². The molecule has 0 aromatic heterocycles. The van der Waals surface area contributed by atoms with Gasteiger partial charge in [-0.3, -0.25) is 9.59 Å². The van der Waals surface area contributed by atoms with E-state index < -0.39 is 11.9 Å². The Hall–Kier alpha value is -1.84. The van der Waals surface area contributed by atoms with E-state index in [-0.39, 0.29) is 5.91 Å². The van der Waals surface area contributed by atoms with Crippen molar-refractivity contribution in [2.75, 3.05) is 11.9 Å². The molecule has 4 heteroatoms. The molecule has 0 aliphatic carbocycles. The van der Waals surface area contributed by atoms with Gasteiger partial charge in [0.05, 0.1) is 6.61 Å². The van der Waals surface area contributed by atoms with Crippen LogP contribution in [0.4, 0.5) is 5.69 Å². The average molecular weight is 219 g/mol. The molecule has 1 heterocycles. The highest BCUT2D eigenvalue weighted by Gasteiger charge is 2.33. The van der Waals surface area contributed by atoms with Gasteiger partial charge >= 0.3 is 5.97 Å². The van der Waals surface area contributed by atoms with Crippen molar-refractivity contribution in [1.82, 2.24) is 0 Å². The van der Waals surface area contributed by atoms with E-state index >= 15 is 0 Å². The highest BCUT2D eigenvalue weighted by atomic mass is 16.5. The molecule has 1 aliphatic heterocycles. The molecule has 1 aliphatic rings. The second-order valence-electron chi connectivity index (χ2n) is 3.86. The summed E-state index contributed by atoms with van der Waals surface area (Å²) in [6.07, 6.45) is 0.469. The Bertz CT molecular complexity index is 411. The van der Waals surface area contributed by atoms with Gasteiger partial charge in [0.15, 0.2) is 0 Å². The number of ether oxygens (including phenoxy) is 1. The van der Waals surface area contributed by atoms with Crippen LogP contribution in [0.5, 0.6) is 0 Å². The van der Waals surface area contributed by atoms with Crippen LogP contribution < -0.4 is 5.32 Å². The monoisotopic (exact) mass is 219 g/mol. The summed E-state index contributed by atoms with van der Waals surface area (Å²) in [6, 6.07) is 7.44. The van der Waals surface area contributed by atoms with E-state index in [1.165, 1.54) is 0 Å². The molecular formula is C12H13NO3. The molecule has 16 heavy (non-hydrogen) atoms. The van der Waals surface area contributed by atoms with Crippen molar-refractivity contribution >= 4 is 17.6 Å². The van der Waals surface area contributed by atoms with E-state index in [0.717, 1.165) is 5.56 Å². The maximum Gasteiger partial charge on any atom is 0.318 e. The summed E-state index contributed by atoms with van der Waals surface area (Å²) < 4.78 is 4.74. The molecule has 1 atom stereocenters. The fraction of sp³-hybridized carbons (Fsp3) is 0.333. The number of carbonyl (C=O) groups excluding carboxylic acids is 2. The number of hydrogen-bond acceptors (Lipinski definition) is 3. The molecule has 1 N–H and O–H groups in total. The molecule has 0 saturated carbocycles. The summed E-state index contributed by atoms with van der Waals surface area (Å²) in [7, 11) is 0. The second-order valence-corrected chi connectivity index (χ2v) is 3.86. The molecule has 1 amide bonds. The smallest absolute Gasteiger partial charge is 0.318 e. The van der Waals surface area contributed by atoms with Crippen LogP contribution >= 0.6 is 0 Å². The maximum absolute atomic E-state index is 11.7. The summed E-state index contributed by atoms with van der Waals surface area (Å²) in [5.74, 6) is -1.36. The highest BCUT2D eigenvalue weighted by molar-refractivity contribution is 6.05. The molecule has 1 aromatic carbocycles. The molecule has 1 fully saturated rings. The molecule has 2 rings (SSSR count). The second kappa shape index (κ2) is 4.35. The average Bonchev–Trinajstić information content (AvgIpc) is 2.68. The number of cyclic esters (lactones) is 1. The first-order valence-electron chi connectivity index (χ1n) is 5.21. The first kappa shape index (κ1) is 10.7. The summed E-state index contributed by atoms with van der Waals surface area (Å²) in [5.41, 5.74) is 1.83. The molecule has 1 aromatic rings. The quantitative estimate of drug-likeness (QED) is 0.605. The van der Waals surface area contributed by atoms with Gasteiger partial charge in [0.1, 0.15) is 5.92 Å². The Kier molecular flexibility index (Phi) is 2.90. The first-order valence-corrected chi connectivity index (χ1v) is 5.21. The Balaban J connectivity index is 2.02. The van der Waals surface area contributed by atoms with Gasteiger partial charge in [-0.1, -0.05) is 17.7 Å². The molecule has 0 radical (unpaired) electrons. The largest absolute Gasteiger partial charge is 0.465 e. The lowest BCUT2D eigenvalue weighted by atomic mass is 10.1. The molecular weight excluding hydrogens is 206 g/mol. The lowest BCUT2D eigenvalue weighted by molar-refractivity contribution is -0.143. The van der Waals surface area contributed by atoms with Gasteiger partial charge in [0.25, 0.3) is 0 Å². The van der Waals surface area contributed by atoms with Crippen LogP contribution in [0.2, 0.25) is 0 Å². The summed E-state index contributed by atoms with van der Waals surface area (Å²) >= 11 is 0. The number of aryl methyl sites for hydroxylation is 1. The summed E-state index contributed by atoms with van der Waals surface area (Å²) in [4.78, 5) is 22.9. The van der Waals surface area contributed by atoms with Crippen LogP contribution in [0, 0.1) is 12.8 Å². The topological polar surface area (TPSA) is 55.4 Å². The van der Waals surface area contributed by atoms with Gasteiger partial charge in [-0.15, -0.1) is 0 Å². The standard InChI is InChI=1S/C12H13NO3/c1-8-2-4-9(5-3-8)13-11(14)10-6-7-16-12(10)15/h2-5,10H,6-7H2,1H3,(H,13,14). The van der Waals surface area contributed by atoms with Gasteiger partial charge < -0.3 is 10.1 Å². The number of benzene rings is 1. The van der Waals surface area contributed by atoms with Crippen molar-refractivity contribution in [1.29, 1.82) is 0 Å². The minimum atomic E-state index is -0.652. The predicted octanol–water partition coefficient (Wildman–Crippen LogP) is 1.50. The molecule has 1 unspecified atom stereocenters. The third-order valence-corrected chi connectivity index (χ3v) is 2.57. The van der Waals surface area contributed by atoms with E-state index in [0.29, 0.717) is 18.7 Å². The van der Waals surface area contributed by atoms with Crippen molar-refractivity contribution in [3.05, 3.63) is 29.8 Å². The minimum absolute atomic E-state index is 0.286. The SMILES string of the molecule is Cc1ccc(NC(=O)C2CCOC2=O)cc1. The van der Waals surface area contributed by atoms with E-state index in [9.17, 15) is 9.59 Å². The number of amides is 1. The van der Waals surface area contributed by atoms with Crippen molar-refractivity contribution < 1.29 is 14.3 Å². The molecule has 84 valence electrons. The number of nitrogens with one attached hydrogen (secondary N) is 1.